The molecule has 0 saturated carbocycles. The lowest BCUT2D eigenvalue weighted by atomic mass is 10.1. The Kier molecular flexibility index (Phi) is 5.25. The lowest BCUT2D eigenvalue weighted by Crippen LogP contribution is -2.14. The molecule has 3 N–H and O–H groups in total. The number of benzene rings is 1. The van der Waals surface area contributed by atoms with E-state index in [0.717, 1.165) is 0 Å². The molecule has 2 nitrogen and oxygen atoms in total. The molecular formula is C8H10Cl2FNO. The number of aliphatic hydroxyl groups is 1. The Morgan fingerprint density at radius 2 is 2.08 bits per heavy atom. The van der Waals surface area contributed by atoms with E-state index in [0.29, 0.717) is 5.56 Å². The Morgan fingerprint density at radius 3 is 2.54 bits per heavy atom. The SMILES string of the molecule is Cl.N[C@@H](CO)c1cc(F)cc(Cl)c1. The van der Waals surface area contributed by atoms with Gasteiger partial charge in [-0.3, -0.25) is 0 Å². The highest BCUT2D eigenvalue weighted by molar-refractivity contribution is 6.30. The number of aliphatic hydroxyl groups excluding tert-OH is 1. The first-order chi connectivity index (χ1) is 5.63. The molecule has 0 fully saturated rings. The quantitative estimate of drug-likeness (QED) is 0.808. The number of nitrogens with two attached hydrogens (primary N) is 1. The molecule has 1 aromatic carbocycles. The summed E-state index contributed by atoms with van der Waals surface area (Å²) in [5.41, 5.74) is 5.96. The molecule has 1 atom stereocenters. The minimum absolute atomic E-state index is 0. The van der Waals surface area contributed by atoms with Crippen molar-refractivity contribution in [3.8, 4) is 0 Å². The summed E-state index contributed by atoms with van der Waals surface area (Å²) in [6.07, 6.45) is 0. The van der Waals surface area contributed by atoms with Gasteiger partial charge in [0.1, 0.15) is 5.82 Å². The third-order valence-corrected chi connectivity index (χ3v) is 1.73. The van der Waals surface area contributed by atoms with Crippen LogP contribution in [0.1, 0.15) is 11.6 Å². The van der Waals surface area contributed by atoms with Crippen molar-refractivity contribution >= 4 is 24.0 Å². The summed E-state index contributed by atoms with van der Waals surface area (Å²) in [5, 5.41) is 8.97. The van der Waals surface area contributed by atoms with Crippen molar-refractivity contribution in [1.82, 2.24) is 0 Å². The number of hydrogen-bond acceptors (Lipinski definition) is 2. The van der Waals surface area contributed by atoms with Crippen molar-refractivity contribution in [2.24, 2.45) is 5.73 Å². The van der Waals surface area contributed by atoms with Crippen molar-refractivity contribution in [1.29, 1.82) is 0 Å². The zero-order valence-electron chi connectivity index (χ0n) is 6.71. The topological polar surface area (TPSA) is 46.2 Å². The van der Waals surface area contributed by atoms with Crippen LogP contribution in [0.4, 0.5) is 4.39 Å². The van der Waals surface area contributed by atoms with E-state index in [9.17, 15) is 4.39 Å². The molecule has 1 rings (SSSR count). The molecule has 0 aliphatic heterocycles. The normalized spacial score (nSPS) is 12.0. The fraction of sp³-hybridized carbons (Fsp3) is 0.250. The first-order valence-electron chi connectivity index (χ1n) is 3.46. The van der Waals surface area contributed by atoms with Gasteiger partial charge in [0.05, 0.1) is 12.6 Å². The maximum Gasteiger partial charge on any atom is 0.125 e. The van der Waals surface area contributed by atoms with Crippen molar-refractivity contribution in [3.63, 3.8) is 0 Å². The molecule has 0 bridgehead atoms. The predicted molar refractivity (Wildman–Crippen MR) is 52.7 cm³/mol. The summed E-state index contributed by atoms with van der Waals surface area (Å²) < 4.78 is 12.7. The van der Waals surface area contributed by atoms with E-state index >= 15 is 0 Å². The third-order valence-electron chi connectivity index (χ3n) is 1.51. The van der Waals surface area contributed by atoms with Crippen molar-refractivity contribution in [2.45, 2.75) is 6.04 Å². The van der Waals surface area contributed by atoms with E-state index < -0.39 is 11.9 Å². The van der Waals surface area contributed by atoms with Gasteiger partial charge in [0, 0.05) is 5.02 Å². The molecule has 0 saturated heterocycles. The van der Waals surface area contributed by atoms with Gasteiger partial charge in [-0.1, -0.05) is 11.6 Å². The van der Waals surface area contributed by atoms with Crippen LogP contribution in [-0.2, 0) is 0 Å². The van der Waals surface area contributed by atoms with Crippen LogP contribution in [0.5, 0.6) is 0 Å². The van der Waals surface area contributed by atoms with Gasteiger partial charge in [0.2, 0.25) is 0 Å². The maximum absolute atomic E-state index is 12.7. The van der Waals surface area contributed by atoms with Crippen LogP contribution in [0.3, 0.4) is 0 Å². The zero-order chi connectivity index (χ0) is 9.14. The molecule has 0 spiro atoms. The Bertz CT molecular complexity index is 263. The summed E-state index contributed by atoms with van der Waals surface area (Å²) in [4.78, 5) is 0. The van der Waals surface area contributed by atoms with Crippen LogP contribution in [0, 0.1) is 5.82 Å². The van der Waals surface area contributed by atoms with E-state index in [1.807, 2.05) is 0 Å². The van der Waals surface area contributed by atoms with Crippen LogP contribution >= 0.6 is 24.0 Å². The van der Waals surface area contributed by atoms with Crippen molar-refractivity contribution in [3.05, 3.63) is 34.6 Å². The first kappa shape index (κ1) is 12.7. The van der Waals surface area contributed by atoms with Crippen LogP contribution < -0.4 is 5.73 Å². The lowest BCUT2D eigenvalue weighted by molar-refractivity contribution is 0.268. The van der Waals surface area contributed by atoms with Crippen LogP contribution in [0.15, 0.2) is 18.2 Å². The largest absolute Gasteiger partial charge is 0.394 e. The van der Waals surface area contributed by atoms with Crippen LogP contribution in [0.2, 0.25) is 5.02 Å². The Morgan fingerprint density at radius 1 is 1.46 bits per heavy atom. The summed E-state index contributed by atoms with van der Waals surface area (Å²) in [7, 11) is 0. The smallest absolute Gasteiger partial charge is 0.125 e. The van der Waals surface area contributed by atoms with E-state index in [2.05, 4.69) is 0 Å². The molecule has 0 radical (unpaired) electrons. The highest BCUT2D eigenvalue weighted by Crippen LogP contribution is 2.18. The summed E-state index contributed by atoms with van der Waals surface area (Å²) in [5.74, 6) is -0.443. The van der Waals surface area contributed by atoms with Gasteiger partial charge in [-0.05, 0) is 23.8 Å². The van der Waals surface area contributed by atoms with Gasteiger partial charge in [-0.15, -0.1) is 12.4 Å². The summed E-state index contributed by atoms with van der Waals surface area (Å²) in [6, 6.07) is 3.41. The Balaban J connectivity index is 0.00000144. The van der Waals surface area contributed by atoms with Crippen LogP contribution in [-0.4, -0.2) is 11.7 Å². The fourth-order valence-corrected chi connectivity index (χ4v) is 1.12. The van der Waals surface area contributed by atoms with E-state index in [4.69, 9.17) is 22.4 Å². The van der Waals surface area contributed by atoms with Gasteiger partial charge in [0.25, 0.3) is 0 Å². The summed E-state index contributed by atoms with van der Waals surface area (Å²) in [6.45, 7) is -0.222. The second-order valence-electron chi connectivity index (χ2n) is 2.49. The molecule has 1 aromatic rings. The van der Waals surface area contributed by atoms with E-state index in [-0.39, 0.29) is 24.0 Å². The molecule has 13 heavy (non-hydrogen) atoms. The third kappa shape index (κ3) is 3.48. The minimum Gasteiger partial charge on any atom is -0.394 e. The molecule has 74 valence electrons. The molecule has 0 heterocycles. The Hall–Kier alpha value is -0.350. The zero-order valence-corrected chi connectivity index (χ0v) is 8.28. The molecular weight excluding hydrogens is 216 g/mol. The van der Waals surface area contributed by atoms with Gasteiger partial charge >= 0.3 is 0 Å². The molecule has 0 aromatic heterocycles. The second-order valence-corrected chi connectivity index (χ2v) is 2.93. The predicted octanol–water partition coefficient (Wildman–Crippen LogP) is 1.89. The fourth-order valence-electron chi connectivity index (χ4n) is 0.895. The maximum atomic E-state index is 12.7. The molecule has 0 amide bonds. The van der Waals surface area contributed by atoms with Crippen molar-refractivity contribution in [2.75, 3.05) is 6.61 Å². The Labute approximate surface area is 86.9 Å². The molecule has 0 aliphatic carbocycles. The highest BCUT2D eigenvalue weighted by Gasteiger charge is 2.06. The number of hydrogen-bond donors (Lipinski definition) is 2. The van der Waals surface area contributed by atoms with Gasteiger partial charge in [-0.2, -0.15) is 0 Å². The van der Waals surface area contributed by atoms with Crippen LogP contribution in [0.25, 0.3) is 0 Å². The molecule has 0 unspecified atom stereocenters. The van der Waals surface area contributed by atoms with Gasteiger partial charge < -0.3 is 10.8 Å². The number of rotatable bonds is 2. The monoisotopic (exact) mass is 225 g/mol. The molecule has 0 aliphatic rings. The first-order valence-corrected chi connectivity index (χ1v) is 3.83. The number of halogens is 3. The standard InChI is InChI=1S/C8H9ClFNO.ClH/c9-6-1-5(8(11)4-12)2-7(10)3-6;/h1-3,8,12H,4,11H2;1H/t8-;/m0./s1. The van der Waals surface area contributed by atoms with Gasteiger partial charge in [0.15, 0.2) is 0 Å². The molecule has 5 heteroatoms. The minimum atomic E-state index is -0.571. The average Bonchev–Trinajstić information content (AvgIpc) is 2.01. The highest BCUT2D eigenvalue weighted by atomic mass is 35.5. The lowest BCUT2D eigenvalue weighted by Gasteiger charge is -2.08. The average molecular weight is 226 g/mol. The van der Waals surface area contributed by atoms with Gasteiger partial charge in [-0.25, -0.2) is 4.39 Å². The van der Waals surface area contributed by atoms with E-state index in [1.54, 1.807) is 0 Å². The second kappa shape index (κ2) is 5.40. The van der Waals surface area contributed by atoms with E-state index in [1.165, 1.54) is 18.2 Å². The summed E-state index contributed by atoms with van der Waals surface area (Å²) >= 11 is 5.57. The van der Waals surface area contributed by atoms with Crippen molar-refractivity contribution < 1.29 is 9.50 Å².